The van der Waals surface area contributed by atoms with Crippen molar-refractivity contribution in [2.45, 2.75) is 25.4 Å². The van der Waals surface area contributed by atoms with Gasteiger partial charge in [0.25, 0.3) is 0 Å². The lowest BCUT2D eigenvalue weighted by atomic mass is 9.99. The molecule has 10 nitrogen and oxygen atoms in total. The first kappa shape index (κ1) is 26.8. The summed E-state index contributed by atoms with van der Waals surface area (Å²) in [4.78, 5) is 13.7. The van der Waals surface area contributed by atoms with E-state index in [4.69, 9.17) is 9.47 Å². The lowest BCUT2D eigenvalue weighted by Crippen LogP contribution is -2.48. The number of nitrogens with one attached hydrogen (secondary N) is 2. The van der Waals surface area contributed by atoms with Gasteiger partial charge in [-0.25, -0.2) is 10.4 Å². The van der Waals surface area contributed by atoms with Crippen LogP contribution < -0.4 is 10.3 Å². The molecule has 0 aromatic carbocycles. The Bertz CT molecular complexity index is 1290. The van der Waals surface area contributed by atoms with Crippen molar-refractivity contribution in [2.75, 3.05) is 64.6 Å². The molecule has 13 heteroatoms. The molecule has 214 valence electrons. The fourth-order valence-electron chi connectivity index (χ4n) is 5.69. The normalized spacial score (nSPS) is 20.8. The van der Waals surface area contributed by atoms with E-state index in [2.05, 4.69) is 35.4 Å². The van der Waals surface area contributed by atoms with Gasteiger partial charge in [0, 0.05) is 63.3 Å². The molecule has 0 unspecified atom stereocenters. The van der Waals surface area contributed by atoms with Crippen molar-refractivity contribution in [1.82, 2.24) is 30.5 Å². The molecule has 0 radical (unpaired) electrons. The van der Waals surface area contributed by atoms with Crippen molar-refractivity contribution >= 4 is 17.1 Å². The molecular weight excluding hydrogens is 525 g/mol. The number of aliphatic imine (C=N–C) groups is 1. The van der Waals surface area contributed by atoms with Gasteiger partial charge >= 0.3 is 6.18 Å². The number of rotatable bonds is 7. The number of piperazine rings is 1. The number of pyridine rings is 1. The van der Waals surface area contributed by atoms with Crippen LogP contribution in [0.25, 0.3) is 17.0 Å². The smallest absolute Gasteiger partial charge is 0.393 e. The van der Waals surface area contributed by atoms with Gasteiger partial charge in [0.15, 0.2) is 11.6 Å². The van der Waals surface area contributed by atoms with Gasteiger partial charge in [-0.2, -0.15) is 18.3 Å². The molecule has 2 aromatic rings. The van der Waals surface area contributed by atoms with Gasteiger partial charge in [-0.05, 0) is 37.0 Å². The second kappa shape index (κ2) is 11.2. The van der Waals surface area contributed by atoms with Crippen molar-refractivity contribution in [3.05, 3.63) is 47.6 Å². The maximum absolute atomic E-state index is 13.7. The van der Waals surface area contributed by atoms with E-state index in [-0.39, 0.29) is 17.0 Å². The summed E-state index contributed by atoms with van der Waals surface area (Å²) >= 11 is 0. The minimum atomic E-state index is -4.43. The Morgan fingerprint density at radius 1 is 1.12 bits per heavy atom. The number of hydrazine groups is 1. The highest BCUT2D eigenvalue weighted by Gasteiger charge is 2.34. The molecule has 2 N–H and O–H groups in total. The summed E-state index contributed by atoms with van der Waals surface area (Å²) in [6, 6.07) is 3.69. The van der Waals surface area contributed by atoms with Crippen molar-refractivity contribution in [2.24, 2.45) is 10.9 Å². The van der Waals surface area contributed by atoms with E-state index in [1.165, 1.54) is 7.11 Å². The number of aromatic amines is 1. The standard InChI is InChI=1S/C27H33F3N8O2/c1-39-23-12-19(16-38-26(23)32-17-33-38)24-21(13-27(28,29)30)25(35-34-24)22-3-2-20(14-31-22)37-8-6-36(7-9-37)15-18-4-10-40-11-5-18/h2-3,12,14,16,18,33H,4-11,13,15,17H2,1H3,(H,34,35). The number of hydrogen-bond acceptors (Lipinski definition) is 9. The third-order valence-electron chi connectivity index (χ3n) is 7.81. The Morgan fingerprint density at radius 3 is 2.62 bits per heavy atom. The summed E-state index contributed by atoms with van der Waals surface area (Å²) in [5.74, 6) is 1.72. The Morgan fingerprint density at radius 2 is 1.93 bits per heavy atom. The van der Waals surface area contributed by atoms with Gasteiger partial charge in [-0.15, -0.1) is 0 Å². The zero-order chi connectivity index (χ0) is 27.7. The number of anilines is 1. The highest BCUT2D eigenvalue weighted by Crippen LogP contribution is 2.35. The van der Waals surface area contributed by atoms with Crippen LogP contribution in [-0.2, 0) is 15.9 Å². The summed E-state index contributed by atoms with van der Waals surface area (Å²) in [6.45, 7) is 6.90. The number of halogens is 3. The van der Waals surface area contributed by atoms with Gasteiger partial charge in [-0.1, -0.05) is 0 Å². The van der Waals surface area contributed by atoms with Gasteiger partial charge in [0.2, 0.25) is 0 Å². The molecule has 0 spiro atoms. The van der Waals surface area contributed by atoms with E-state index < -0.39 is 12.6 Å². The fourth-order valence-corrected chi connectivity index (χ4v) is 5.69. The Kier molecular flexibility index (Phi) is 7.51. The molecular formula is C27H33F3N8O2. The van der Waals surface area contributed by atoms with Crippen molar-refractivity contribution in [3.63, 3.8) is 0 Å². The van der Waals surface area contributed by atoms with Gasteiger partial charge in [0.1, 0.15) is 6.67 Å². The molecule has 2 fully saturated rings. The number of alkyl halides is 3. The van der Waals surface area contributed by atoms with Crippen LogP contribution in [0, 0.1) is 5.92 Å². The lowest BCUT2D eigenvalue weighted by molar-refractivity contribution is -0.127. The SMILES string of the molecule is COC1=CC(c2n[nH]c(-c3ccc(N4CCN(CC5CCOCC5)CC4)cn3)c2CC(F)(F)F)=CN2NCN=C12. The number of methoxy groups -OCH3 is 1. The first-order chi connectivity index (χ1) is 19.4. The summed E-state index contributed by atoms with van der Waals surface area (Å²) in [5, 5.41) is 8.76. The maximum atomic E-state index is 13.7. The second-order valence-corrected chi connectivity index (χ2v) is 10.4. The molecule has 40 heavy (non-hydrogen) atoms. The van der Waals surface area contributed by atoms with E-state index >= 15 is 0 Å². The fraction of sp³-hybridized carbons (Fsp3) is 0.519. The molecule has 6 heterocycles. The highest BCUT2D eigenvalue weighted by atomic mass is 19.4. The number of hydrogen-bond donors (Lipinski definition) is 2. The quantitative estimate of drug-likeness (QED) is 0.536. The monoisotopic (exact) mass is 558 g/mol. The van der Waals surface area contributed by atoms with Crippen LogP contribution in [-0.4, -0.2) is 96.8 Å². The van der Waals surface area contributed by atoms with Gasteiger partial charge in [0.05, 0.1) is 42.5 Å². The molecule has 2 saturated heterocycles. The number of allylic oxidation sites excluding steroid dienone is 2. The number of fused-ring (bicyclic) bond motifs is 1. The van der Waals surface area contributed by atoms with Crippen LogP contribution in [0.3, 0.4) is 0 Å². The van der Waals surface area contributed by atoms with Crippen molar-refractivity contribution in [3.8, 4) is 11.4 Å². The highest BCUT2D eigenvalue weighted by molar-refractivity contribution is 6.03. The van der Waals surface area contributed by atoms with E-state index in [9.17, 15) is 13.2 Å². The van der Waals surface area contributed by atoms with Crippen LogP contribution in [0.1, 0.15) is 24.1 Å². The van der Waals surface area contributed by atoms with Crippen LogP contribution >= 0.6 is 0 Å². The molecule has 0 aliphatic carbocycles. The van der Waals surface area contributed by atoms with Crippen LogP contribution in [0.4, 0.5) is 18.9 Å². The van der Waals surface area contributed by atoms with E-state index in [1.807, 2.05) is 6.07 Å². The van der Waals surface area contributed by atoms with E-state index in [1.54, 1.807) is 29.5 Å². The predicted octanol–water partition coefficient (Wildman–Crippen LogP) is 3.19. The van der Waals surface area contributed by atoms with Crippen LogP contribution in [0.2, 0.25) is 0 Å². The van der Waals surface area contributed by atoms with Crippen molar-refractivity contribution < 1.29 is 22.6 Å². The maximum Gasteiger partial charge on any atom is 0.393 e. The van der Waals surface area contributed by atoms with Crippen molar-refractivity contribution in [1.29, 1.82) is 0 Å². The number of ether oxygens (including phenoxy) is 2. The Hall–Kier alpha value is -3.42. The van der Waals surface area contributed by atoms with Gasteiger partial charge in [-0.3, -0.25) is 20.0 Å². The number of H-pyrrole nitrogens is 1. The minimum Gasteiger partial charge on any atom is -0.493 e. The van der Waals surface area contributed by atoms with E-state index in [0.717, 1.165) is 64.5 Å². The third kappa shape index (κ3) is 5.72. The average molecular weight is 559 g/mol. The Balaban J connectivity index is 1.19. The summed E-state index contributed by atoms with van der Waals surface area (Å²) in [5.41, 5.74) is 5.36. The minimum absolute atomic E-state index is 0.0343. The predicted molar refractivity (Wildman–Crippen MR) is 144 cm³/mol. The topological polar surface area (TPSA) is 94.1 Å². The summed E-state index contributed by atoms with van der Waals surface area (Å²) in [7, 11) is 1.50. The molecule has 0 atom stereocenters. The average Bonchev–Trinajstić information content (AvgIpc) is 3.60. The second-order valence-electron chi connectivity index (χ2n) is 10.4. The summed E-state index contributed by atoms with van der Waals surface area (Å²) in [6.07, 6.45) is 1.74. The zero-order valence-corrected chi connectivity index (χ0v) is 22.4. The van der Waals surface area contributed by atoms with E-state index in [0.29, 0.717) is 35.4 Å². The third-order valence-corrected chi connectivity index (χ3v) is 7.81. The Labute approximate surface area is 230 Å². The molecule has 2 aromatic heterocycles. The lowest BCUT2D eigenvalue weighted by Gasteiger charge is -2.38. The zero-order valence-electron chi connectivity index (χ0n) is 22.4. The number of amidine groups is 1. The first-order valence-electron chi connectivity index (χ1n) is 13.6. The molecule has 0 saturated carbocycles. The van der Waals surface area contributed by atoms with Crippen LogP contribution in [0.15, 0.2) is 41.4 Å². The molecule has 6 rings (SSSR count). The largest absolute Gasteiger partial charge is 0.493 e. The first-order valence-corrected chi connectivity index (χ1v) is 13.6. The number of nitrogens with zero attached hydrogens (tertiary/aromatic N) is 6. The molecule has 0 amide bonds. The molecule has 0 bridgehead atoms. The van der Waals surface area contributed by atoms with Gasteiger partial charge < -0.3 is 14.4 Å². The molecule has 4 aliphatic heterocycles. The summed E-state index contributed by atoms with van der Waals surface area (Å²) < 4.78 is 52.1. The molecule has 4 aliphatic rings. The number of aromatic nitrogens is 3. The van der Waals surface area contributed by atoms with Crippen LogP contribution in [0.5, 0.6) is 0 Å².